The maximum absolute atomic E-state index is 12.0. The van der Waals surface area contributed by atoms with E-state index in [4.69, 9.17) is 9.47 Å². The van der Waals surface area contributed by atoms with E-state index in [2.05, 4.69) is 6.58 Å². The second-order valence-corrected chi connectivity index (χ2v) is 4.66. The number of carbonyl (C=O) groups excluding carboxylic acids is 1. The summed E-state index contributed by atoms with van der Waals surface area (Å²) in [6, 6.07) is 9.73. The van der Waals surface area contributed by atoms with Crippen LogP contribution in [-0.4, -0.2) is 29.9 Å². The summed E-state index contributed by atoms with van der Waals surface area (Å²) < 4.78 is 10.8. The topological polar surface area (TPSA) is 38.8 Å². The molecule has 0 saturated carbocycles. The summed E-state index contributed by atoms with van der Waals surface area (Å²) in [5.74, 6) is 0. The fourth-order valence-electron chi connectivity index (χ4n) is 2.03. The van der Waals surface area contributed by atoms with Crippen molar-refractivity contribution in [2.24, 2.45) is 0 Å². The molecule has 4 heteroatoms. The van der Waals surface area contributed by atoms with Crippen LogP contribution in [-0.2, 0) is 16.1 Å². The predicted molar refractivity (Wildman–Crippen MR) is 72.5 cm³/mol. The van der Waals surface area contributed by atoms with Gasteiger partial charge in [0.25, 0.3) is 0 Å². The van der Waals surface area contributed by atoms with Crippen molar-refractivity contribution < 1.29 is 14.3 Å². The summed E-state index contributed by atoms with van der Waals surface area (Å²) in [4.78, 5) is 13.6. The van der Waals surface area contributed by atoms with Gasteiger partial charge in [0, 0.05) is 6.04 Å². The van der Waals surface area contributed by atoms with Crippen molar-refractivity contribution >= 4 is 6.09 Å². The van der Waals surface area contributed by atoms with E-state index in [0.717, 1.165) is 12.0 Å². The molecule has 0 unspecified atom stereocenters. The fraction of sp³-hybridized carbons (Fsp3) is 0.400. The van der Waals surface area contributed by atoms with E-state index in [1.807, 2.05) is 37.3 Å². The molecule has 0 spiro atoms. The first-order valence-corrected chi connectivity index (χ1v) is 6.42. The summed E-state index contributed by atoms with van der Waals surface area (Å²) >= 11 is 0. The van der Waals surface area contributed by atoms with E-state index >= 15 is 0 Å². The van der Waals surface area contributed by atoms with Crippen LogP contribution in [0.1, 0.15) is 18.9 Å². The summed E-state index contributed by atoms with van der Waals surface area (Å²) in [5.41, 5.74) is 0.977. The van der Waals surface area contributed by atoms with Crippen molar-refractivity contribution in [3.63, 3.8) is 0 Å². The van der Waals surface area contributed by atoms with E-state index in [-0.39, 0.29) is 31.6 Å². The molecule has 2 atom stereocenters. The summed E-state index contributed by atoms with van der Waals surface area (Å²) in [5, 5.41) is 0. The first kappa shape index (κ1) is 13.6. The van der Waals surface area contributed by atoms with Gasteiger partial charge in [0.2, 0.25) is 0 Å². The van der Waals surface area contributed by atoms with Crippen molar-refractivity contribution in [1.82, 2.24) is 4.90 Å². The first-order chi connectivity index (χ1) is 9.20. The highest BCUT2D eigenvalue weighted by atomic mass is 16.6. The SMILES string of the molecule is C=C[C@@H]1C[C@H](C)N(C(=O)OCc2ccccc2)CO1. The van der Waals surface area contributed by atoms with E-state index in [9.17, 15) is 4.79 Å². The number of ether oxygens (including phenoxy) is 2. The van der Waals surface area contributed by atoms with Crippen LogP contribution < -0.4 is 0 Å². The molecule has 1 amide bonds. The zero-order valence-electron chi connectivity index (χ0n) is 11.1. The van der Waals surface area contributed by atoms with Gasteiger partial charge in [-0.05, 0) is 18.9 Å². The largest absolute Gasteiger partial charge is 0.444 e. The van der Waals surface area contributed by atoms with Crippen LogP contribution in [0.2, 0.25) is 0 Å². The van der Waals surface area contributed by atoms with Gasteiger partial charge in [-0.3, -0.25) is 4.90 Å². The molecule has 0 N–H and O–H groups in total. The molecule has 1 saturated heterocycles. The van der Waals surface area contributed by atoms with Crippen LogP contribution in [0.15, 0.2) is 43.0 Å². The molecular weight excluding hydrogens is 242 g/mol. The maximum Gasteiger partial charge on any atom is 0.412 e. The first-order valence-electron chi connectivity index (χ1n) is 6.42. The van der Waals surface area contributed by atoms with Gasteiger partial charge < -0.3 is 9.47 Å². The lowest BCUT2D eigenvalue weighted by atomic mass is 10.1. The third kappa shape index (κ3) is 3.58. The molecule has 19 heavy (non-hydrogen) atoms. The van der Waals surface area contributed by atoms with Crippen LogP contribution in [0.4, 0.5) is 4.79 Å². The monoisotopic (exact) mass is 261 g/mol. The molecule has 0 bridgehead atoms. The Hall–Kier alpha value is -1.81. The highest BCUT2D eigenvalue weighted by Crippen LogP contribution is 2.18. The van der Waals surface area contributed by atoms with Crippen molar-refractivity contribution in [1.29, 1.82) is 0 Å². The molecule has 0 aliphatic carbocycles. The lowest BCUT2D eigenvalue weighted by Gasteiger charge is -2.35. The van der Waals surface area contributed by atoms with Crippen molar-refractivity contribution in [2.75, 3.05) is 6.73 Å². The van der Waals surface area contributed by atoms with Crippen LogP contribution >= 0.6 is 0 Å². The van der Waals surface area contributed by atoms with E-state index < -0.39 is 0 Å². The molecule has 1 fully saturated rings. The van der Waals surface area contributed by atoms with E-state index in [1.54, 1.807) is 11.0 Å². The molecule has 1 aliphatic rings. The lowest BCUT2D eigenvalue weighted by molar-refractivity contribution is -0.0667. The zero-order valence-corrected chi connectivity index (χ0v) is 11.1. The second-order valence-electron chi connectivity index (χ2n) is 4.66. The number of benzene rings is 1. The second kappa shape index (κ2) is 6.38. The Morgan fingerprint density at radius 1 is 1.53 bits per heavy atom. The zero-order chi connectivity index (χ0) is 13.7. The molecule has 2 rings (SSSR count). The van der Waals surface area contributed by atoms with Crippen LogP contribution in [0, 0.1) is 0 Å². The number of nitrogens with zero attached hydrogens (tertiary/aromatic N) is 1. The third-order valence-electron chi connectivity index (χ3n) is 3.24. The smallest absolute Gasteiger partial charge is 0.412 e. The Morgan fingerprint density at radius 3 is 2.89 bits per heavy atom. The van der Waals surface area contributed by atoms with Crippen molar-refractivity contribution in [2.45, 2.75) is 32.1 Å². The van der Waals surface area contributed by atoms with Gasteiger partial charge in [-0.2, -0.15) is 0 Å². The number of hydrogen-bond acceptors (Lipinski definition) is 3. The molecule has 1 heterocycles. The van der Waals surface area contributed by atoms with Gasteiger partial charge in [0.05, 0.1) is 6.10 Å². The van der Waals surface area contributed by atoms with Gasteiger partial charge in [0.15, 0.2) is 0 Å². The highest BCUT2D eigenvalue weighted by Gasteiger charge is 2.28. The standard InChI is InChI=1S/C15H19NO3/c1-3-14-9-12(2)16(11-19-14)15(17)18-10-13-7-5-4-6-8-13/h3-8,12,14H,1,9-11H2,2H3/t12-,14+/m0/s1. The van der Waals surface area contributed by atoms with Crippen molar-refractivity contribution in [3.05, 3.63) is 48.6 Å². The minimum atomic E-state index is -0.334. The summed E-state index contributed by atoms with van der Waals surface area (Å²) in [6.45, 7) is 6.23. The normalized spacial score (nSPS) is 22.9. The molecule has 0 radical (unpaired) electrons. The van der Waals surface area contributed by atoms with Crippen LogP contribution in [0.5, 0.6) is 0 Å². The number of carbonyl (C=O) groups is 1. The minimum Gasteiger partial charge on any atom is -0.444 e. The molecule has 1 aromatic carbocycles. The highest BCUT2D eigenvalue weighted by molar-refractivity contribution is 5.68. The molecular formula is C15H19NO3. The number of amides is 1. The molecule has 4 nitrogen and oxygen atoms in total. The molecule has 102 valence electrons. The lowest BCUT2D eigenvalue weighted by Crippen LogP contribution is -2.47. The Labute approximate surface area is 113 Å². The predicted octanol–water partition coefficient (Wildman–Crippen LogP) is 2.95. The molecule has 1 aromatic rings. The van der Waals surface area contributed by atoms with E-state index in [0.29, 0.717) is 0 Å². The maximum atomic E-state index is 12.0. The Bertz CT molecular complexity index is 432. The quantitative estimate of drug-likeness (QED) is 0.785. The molecule has 0 aromatic heterocycles. The van der Waals surface area contributed by atoms with Gasteiger partial charge in [-0.1, -0.05) is 36.4 Å². The molecule has 1 aliphatic heterocycles. The van der Waals surface area contributed by atoms with Gasteiger partial charge in [-0.15, -0.1) is 6.58 Å². The third-order valence-corrected chi connectivity index (χ3v) is 3.24. The van der Waals surface area contributed by atoms with Crippen LogP contribution in [0.3, 0.4) is 0 Å². The number of hydrogen-bond donors (Lipinski definition) is 0. The summed E-state index contributed by atoms with van der Waals surface area (Å²) in [6.07, 6.45) is 2.21. The average molecular weight is 261 g/mol. The van der Waals surface area contributed by atoms with Gasteiger partial charge in [-0.25, -0.2) is 4.79 Å². The van der Waals surface area contributed by atoms with Crippen LogP contribution in [0.25, 0.3) is 0 Å². The average Bonchev–Trinajstić information content (AvgIpc) is 2.45. The van der Waals surface area contributed by atoms with Gasteiger partial charge in [0.1, 0.15) is 13.3 Å². The Morgan fingerprint density at radius 2 is 2.26 bits per heavy atom. The fourth-order valence-corrected chi connectivity index (χ4v) is 2.03. The minimum absolute atomic E-state index is 0.0215. The number of rotatable bonds is 3. The van der Waals surface area contributed by atoms with Crippen molar-refractivity contribution in [3.8, 4) is 0 Å². The summed E-state index contributed by atoms with van der Waals surface area (Å²) in [7, 11) is 0. The van der Waals surface area contributed by atoms with Gasteiger partial charge >= 0.3 is 6.09 Å². The Kier molecular flexibility index (Phi) is 4.58. The van der Waals surface area contributed by atoms with E-state index in [1.165, 1.54) is 0 Å². The Balaban J connectivity index is 1.85.